The zero-order chi connectivity index (χ0) is 11.8. The first kappa shape index (κ1) is 11.9. The van der Waals surface area contributed by atoms with E-state index in [9.17, 15) is 9.90 Å². The molecule has 4 nitrogen and oxygen atoms in total. The Morgan fingerprint density at radius 3 is 2.94 bits per heavy atom. The summed E-state index contributed by atoms with van der Waals surface area (Å²) in [7, 11) is 0. The molecule has 92 valence electrons. The highest BCUT2D eigenvalue weighted by molar-refractivity contribution is 5.81. The number of aliphatic hydroxyl groups excluding tert-OH is 1. The van der Waals surface area contributed by atoms with Crippen molar-refractivity contribution in [3.8, 4) is 0 Å². The number of nitrogens with zero attached hydrogens (tertiary/aromatic N) is 1. The summed E-state index contributed by atoms with van der Waals surface area (Å²) in [5, 5.41) is 9.62. The monoisotopic (exact) mass is 226 g/mol. The maximum absolute atomic E-state index is 11.9. The highest BCUT2D eigenvalue weighted by atomic mass is 16.3. The molecule has 1 saturated heterocycles. The molecule has 0 bridgehead atoms. The number of likely N-dealkylation sites (tertiary alicyclic amines) is 1. The Balaban J connectivity index is 2.10. The highest BCUT2D eigenvalue weighted by Crippen LogP contribution is 2.46. The minimum Gasteiger partial charge on any atom is -0.396 e. The van der Waals surface area contributed by atoms with Crippen LogP contribution in [0.25, 0.3) is 0 Å². The van der Waals surface area contributed by atoms with Crippen LogP contribution >= 0.6 is 0 Å². The Labute approximate surface area is 96.8 Å². The van der Waals surface area contributed by atoms with Crippen molar-refractivity contribution < 1.29 is 9.90 Å². The molecule has 0 radical (unpaired) electrons. The Morgan fingerprint density at radius 2 is 2.38 bits per heavy atom. The van der Waals surface area contributed by atoms with Crippen molar-refractivity contribution in [1.29, 1.82) is 0 Å². The van der Waals surface area contributed by atoms with E-state index in [0.717, 1.165) is 19.4 Å². The van der Waals surface area contributed by atoms with Gasteiger partial charge in [0, 0.05) is 18.5 Å². The van der Waals surface area contributed by atoms with Crippen LogP contribution in [-0.4, -0.2) is 41.7 Å². The third-order valence-electron chi connectivity index (χ3n) is 4.31. The molecule has 1 heterocycles. The van der Waals surface area contributed by atoms with Gasteiger partial charge in [-0.05, 0) is 25.7 Å². The van der Waals surface area contributed by atoms with Gasteiger partial charge in [0.2, 0.25) is 5.91 Å². The third-order valence-corrected chi connectivity index (χ3v) is 4.31. The van der Waals surface area contributed by atoms with Crippen molar-refractivity contribution >= 4 is 5.91 Å². The molecule has 1 amide bonds. The van der Waals surface area contributed by atoms with Crippen LogP contribution < -0.4 is 5.73 Å². The molecule has 0 aromatic heterocycles. The number of hydrogen-bond donors (Lipinski definition) is 2. The molecular weight excluding hydrogens is 204 g/mol. The quantitative estimate of drug-likeness (QED) is 0.714. The summed E-state index contributed by atoms with van der Waals surface area (Å²) in [5.41, 5.74) is 5.61. The fourth-order valence-corrected chi connectivity index (χ4v) is 3.30. The zero-order valence-corrected chi connectivity index (χ0v) is 9.98. The minimum atomic E-state index is -0.420. The first-order chi connectivity index (χ1) is 7.59. The van der Waals surface area contributed by atoms with E-state index in [4.69, 9.17) is 5.73 Å². The van der Waals surface area contributed by atoms with Gasteiger partial charge in [0.05, 0.1) is 12.6 Å². The van der Waals surface area contributed by atoms with Crippen LogP contribution in [0.5, 0.6) is 0 Å². The van der Waals surface area contributed by atoms with Crippen molar-refractivity contribution in [2.75, 3.05) is 19.7 Å². The Bertz CT molecular complexity index is 280. The predicted molar refractivity (Wildman–Crippen MR) is 61.7 cm³/mol. The van der Waals surface area contributed by atoms with Crippen LogP contribution in [0.4, 0.5) is 0 Å². The highest BCUT2D eigenvalue weighted by Gasteiger charge is 2.48. The average Bonchev–Trinajstić information content (AvgIpc) is 2.67. The maximum atomic E-state index is 11.9. The molecule has 0 aromatic rings. The molecule has 3 N–H and O–H groups in total. The zero-order valence-electron chi connectivity index (χ0n) is 9.98. The van der Waals surface area contributed by atoms with E-state index in [1.165, 1.54) is 12.8 Å². The summed E-state index contributed by atoms with van der Waals surface area (Å²) in [5.74, 6) is 0.510. The van der Waals surface area contributed by atoms with E-state index in [1.54, 1.807) is 6.92 Å². The van der Waals surface area contributed by atoms with Gasteiger partial charge in [-0.15, -0.1) is 0 Å². The number of nitrogens with two attached hydrogens (primary N) is 1. The van der Waals surface area contributed by atoms with E-state index in [2.05, 4.69) is 0 Å². The van der Waals surface area contributed by atoms with Crippen LogP contribution in [0.3, 0.4) is 0 Å². The SMILES string of the molecule is C[C@H](N)C(=O)N1C[C@@H]2CCCC[C@@]2(CO)C1. The average molecular weight is 226 g/mol. The van der Waals surface area contributed by atoms with Crippen molar-refractivity contribution in [2.45, 2.75) is 38.6 Å². The van der Waals surface area contributed by atoms with Crippen molar-refractivity contribution in [3.63, 3.8) is 0 Å². The van der Waals surface area contributed by atoms with Gasteiger partial charge in [0.1, 0.15) is 0 Å². The van der Waals surface area contributed by atoms with Gasteiger partial charge in [-0.1, -0.05) is 12.8 Å². The van der Waals surface area contributed by atoms with E-state index >= 15 is 0 Å². The summed E-state index contributed by atoms with van der Waals surface area (Å²) < 4.78 is 0. The minimum absolute atomic E-state index is 0.0250. The molecule has 2 fully saturated rings. The second-order valence-corrected chi connectivity index (χ2v) is 5.47. The normalized spacial score (nSPS) is 35.9. The summed E-state index contributed by atoms with van der Waals surface area (Å²) in [6, 6.07) is -0.420. The lowest BCUT2D eigenvalue weighted by molar-refractivity contribution is -0.131. The topological polar surface area (TPSA) is 66.6 Å². The van der Waals surface area contributed by atoms with Crippen LogP contribution in [0.2, 0.25) is 0 Å². The summed E-state index contributed by atoms with van der Waals surface area (Å²) >= 11 is 0. The van der Waals surface area contributed by atoms with Gasteiger partial charge in [0.15, 0.2) is 0 Å². The van der Waals surface area contributed by atoms with E-state index in [0.29, 0.717) is 12.5 Å². The molecule has 1 saturated carbocycles. The standard InChI is InChI=1S/C12H22N2O2/c1-9(13)11(16)14-6-10-4-2-3-5-12(10,7-14)8-15/h9-10,15H,2-8,13H2,1H3/t9-,10-,12-/m0/s1. The van der Waals surface area contributed by atoms with Gasteiger partial charge in [-0.2, -0.15) is 0 Å². The molecule has 2 rings (SSSR count). The molecule has 1 aliphatic carbocycles. The molecule has 2 aliphatic rings. The molecule has 0 spiro atoms. The second kappa shape index (κ2) is 4.34. The molecule has 0 aromatic carbocycles. The van der Waals surface area contributed by atoms with Gasteiger partial charge in [-0.3, -0.25) is 4.79 Å². The Kier molecular flexibility index (Phi) is 3.22. The first-order valence-corrected chi connectivity index (χ1v) is 6.24. The molecular formula is C12H22N2O2. The summed E-state index contributed by atoms with van der Waals surface area (Å²) in [6.45, 7) is 3.44. The lowest BCUT2D eigenvalue weighted by Crippen LogP contribution is -2.42. The van der Waals surface area contributed by atoms with Crippen molar-refractivity contribution in [1.82, 2.24) is 4.90 Å². The lowest BCUT2D eigenvalue weighted by Gasteiger charge is -2.36. The van der Waals surface area contributed by atoms with Gasteiger partial charge in [0.25, 0.3) is 0 Å². The number of rotatable bonds is 2. The van der Waals surface area contributed by atoms with Crippen LogP contribution in [0.15, 0.2) is 0 Å². The number of amides is 1. The lowest BCUT2D eigenvalue weighted by atomic mass is 9.69. The van der Waals surface area contributed by atoms with Crippen LogP contribution in [-0.2, 0) is 4.79 Å². The maximum Gasteiger partial charge on any atom is 0.239 e. The molecule has 4 heteroatoms. The summed E-state index contributed by atoms with van der Waals surface area (Å²) in [4.78, 5) is 13.7. The Hall–Kier alpha value is -0.610. The number of aliphatic hydroxyl groups is 1. The molecule has 0 unspecified atom stereocenters. The number of fused-ring (bicyclic) bond motifs is 1. The van der Waals surface area contributed by atoms with Crippen LogP contribution in [0, 0.1) is 11.3 Å². The number of carbonyl (C=O) groups excluding carboxylic acids is 1. The second-order valence-electron chi connectivity index (χ2n) is 5.47. The molecule has 16 heavy (non-hydrogen) atoms. The molecule has 1 aliphatic heterocycles. The fourth-order valence-electron chi connectivity index (χ4n) is 3.30. The Morgan fingerprint density at radius 1 is 1.62 bits per heavy atom. The predicted octanol–water partition coefficient (Wildman–Crippen LogP) is 0.345. The van der Waals surface area contributed by atoms with Gasteiger partial charge < -0.3 is 15.7 Å². The van der Waals surface area contributed by atoms with E-state index in [-0.39, 0.29) is 17.9 Å². The van der Waals surface area contributed by atoms with Gasteiger partial charge >= 0.3 is 0 Å². The fraction of sp³-hybridized carbons (Fsp3) is 0.917. The largest absolute Gasteiger partial charge is 0.396 e. The van der Waals surface area contributed by atoms with E-state index in [1.807, 2.05) is 4.90 Å². The van der Waals surface area contributed by atoms with Gasteiger partial charge in [-0.25, -0.2) is 0 Å². The van der Waals surface area contributed by atoms with Crippen LogP contribution in [0.1, 0.15) is 32.6 Å². The summed E-state index contributed by atoms with van der Waals surface area (Å²) in [6.07, 6.45) is 4.60. The first-order valence-electron chi connectivity index (χ1n) is 6.24. The van der Waals surface area contributed by atoms with Crippen molar-refractivity contribution in [2.24, 2.45) is 17.1 Å². The smallest absolute Gasteiger partial charge is 0.239 e. The number of carbonyl (C=O) groups is 1. The van der Waals surface area contributed by atoms with E-state index < -0.39 is 6.04 Å². The number of hydrogen-bond acceptors (Lipinski definition) is 3. The van der Waals surface area contributed by atoms with Crippen molar-refractivity contribution in [3.05, 3.63) is 0 Å². The molecule has 3 atom stereocenters. The third kappa shape index (κ3) is 1.84.